The molecule has 4 nitrogen and oxygen atoms in total. The van der Waals surface area contributed by atoms with Crippen LogP contribution in [0.15, 0.2) is 82.6 Å². The van der Waals surface area contributed by atoms with E-state index in [1.807, 2.05) is 78.9 Å². The van der Waals surface area contributed by atoms with Crippen LogP contribution in [0.1, 0.15) is 19.4 Å². The van der Waals surface area contributed by atoms with Crippen molar-refractivity contribution in [3.63, 3.8) is 0 Å². The number of esters is 2. The van der Waals surface area contributed by atoms with Gasteiger partial charge in [-0.15, -0.1) is 11.8 Å². The van der Waals surface area contributed by atoms with Gasteiger partial charge >= 0.3 is 11.9 Å². The Bertz CT molecular complexity index is 1130. The molecule has 0 saturated heterocycles. The van der Waals surface area contributed by atoms with Crippen molar-refractivity contribution in [1.29, 1.82) is 0 Å². The zero-order valence-corrected chi connectivity index (χ0v) is 19.6. The van der Waals surface area contributed by atoms with Crippen LogP contribution in [0, 0.1) is 0 Å². The van der Waals surface area contributed by atoms with Gasteiger partial charge in [0.15, 0.2) is 0 Å². The molecule has 0 aliphatic carbocycles. The molecule has 0 N–H and O–H groups in total. The smallest absolute Gasteiger partial charge is 0.335 e. The first-order valence-electron chi connectivity index (χ1n) is 10.5. The third-order valence-corrected chi connectivity index (χ3v) is 8.15. The van der Waals surface area contributed by atoms with Crippen molar-refractivity contribution >= 4 is 52.3 Å². The van der Waals surface area contributed by atoms with Gasteiger partial charge in [-0.25, -0.2) is 9.59 Å². The van der Waals surface area contributed by atoms with Crippen LogP contribution in [0.3, 0.4) is 0 Å². The highest BCUT2D eigenvalue weighted by molar-refractivity contribution is 8.06. The van der Waals surface area contributed by atoms with Crippen molar-refractivity contribution in [2.45, 2.75) is 33.6 Å². The second-order valence-electron chi connectivity index (χ2n) is 7.20. The molecule has 3 aromatic carbocycles. The summed E-state index contributed by atoms with van der Waals surface area (Å²) >= 11 is 2.73. The van der Waals surface area contributed by atoms with Crippen LogP contribution >= 0.6 is 23.5 Å². The van der Waals surface area contributed by atoms with Gasteiger partial charge in [0.05, 0.1) is 18.5 Å². The van der Waals surface area contributed by atoms with Gasteiger partial charge in [0.25, 0.3) is 0 Å². The lowest BCUT2D eigenvalue weighted by Gasteiger charge is -2.32. The fourth-order valence-corrected chi connectivity index (χ4v) is 6.67. The summed E-state index contributed by atoms with van der Waals surface area (Å²) in [7, 11) is 0. The Kier molecular flexibility index (Phi) is 6.92. The molecule has 1 atom stereocenters. The van der Waals surface area contributed by atoms with E-state index in [0.29, 0.717) is 0 Å². The van der Waals surface area contributed by atoms with Gasteiger partial charge in [-0.1, -0.05) is 78.5 Å². The van der Waals surface area contributed by atoms with E-state index in [1.54, 1.807) is 13.8 Å². The fraction of sp³-hybridized carbons (Fsp3) is 0.231. The molecule has 1 aliphatic heterocycles. The summed E-state index contributed by atoms with van der Waals surface area (Å²) in [4.78, 5) is 28.9. The molecular formula is C26H24O4S2. The van der Waals surface area contributed by atoms with Gasteiger partial charge in [-0.2, -0.15) is 0 Å². The average Bonchev–Trinajstić information content (AvgIpc) is 2.95. The normalized spacial score (nSPS) is 17.1. The summed E-state index contributed by atoms with van der Waals surface area (Å²) in [5.41, 5.74) is 0.986. The van der Waals surface area contributed by atoms with Crippen LogP contribution in [0.5, 0.6) is 0 Å². The van der Waals surface area contributed by atoms with Crippen LogP contribution in [0.4, 0.5) is 0 Å². The van der Waals surface area contributed by atoms with Gasteiger partial charge in [0, 0.05) is 15.2 Å². The van der Waals surface area contributed by atoms with Crippen molar-refractivity contribution in [3.05, 3.63) is 78.4 Å². The monoisotopic (exact) mass is 464 g/mol. The van der Waals surface area contributed by atoms with Crippen LogP contribution in [-0.2, 0) is 19.1 Å². The number of ether oxygens (including phenoxy) is 2. The molecule has 1 aliphatic rings. The van der Waals surface area contributed by atoms with Crippen molar-refractivity contribution in [1.82, 2.24) is 0 Å². The lowest BCUT2D eigenvalue weighted by molar-refractivity contribution is -0.158. The largest absolute Gasteiger partial charge is 0.464 e. The van der Waals surface area contributed by atoms with Gasteiger partial charge in [-0.05, 0) is 36.9 Å². The van der Waals surface area contributed by atoms with Gasteiger partial charge in [-0.3, -0.25) is 0 Å². The van der Waals surface area contributed by atoms with E-state index in [-0.39, 0.29) is 13.2 Å². The molecular weight excluding hydrogens is 440 g/mol. The zero-order chi connectivity index (χ0) is 22.6. The Balaban J connectivity index is 1.92. The first kappa shape index (κ1) is 22.5. The lowest BCUT2D eigenvalue weighted by atomic mass is 10.0. The molecule has 0 saturated carbocycles. The molecule has 4 rings (SSSR count). The first-order valence-corrected chi connectivity index (χ1v) is 12.2. The Labute approximate surface area is 196 Å². The summed E-state index contributed by atoms with van der Waals surface area (Å²) < 4.78 is 9.38. The molecule has 1 unspecified atom stereocenters. The van der Waals surface area contributed by atoms with Crippen molar-refractivity contribution in [2.24, 2.45) is 0 Å². The van der Waals surface area contributed by atoms with Crippen LogP contribution in [0.2, 0.25) is 0 Å². The van der Waals surface area contributed by atoms with Crippen molar-refractivity contribution in [2.75, 3.05) is 13.2 Å². The summed E-state index contributed by atoms with van der Waals surface area (Å²) in [6.45, 7) is 3.85. The molecule has 164 valence electrons. The molecule has 0 aromatic heterocycles. The topological polar surface area (TPSA) is 52.6 Å². The Hall–Kier alpha value is -2.70. The second-order valence-corrected chi connectivity index (χ2v) is 9.67. The quantitative estimate of drug-likeness (QED) is 0.330. The summed E-state index contributed by atoms with van der Waals surface area (Å²) in [5.74, 6) is -1.16. The highest BCUT2D eigenvalue weighted by atomic mass is 32.2. The molecule has 6 heteroatoms. The molecule has 0 radical (unpaired) electrons. The summed E-state index contributed by atoms with van der Waals surface area (Å²) in [6.07, 6.45) is 3.87. The van der Waals surface area contributed by atoms with E-state index in [4.69, 9.17) is 9.47 Å². The molecule has 0 fully saturated rings. The number of hydrogen-bond donors (Lipinski definition) is 0. The third-order valence-electron chi connectivity index (χ3n) is 5.17. The van der Waals surface area contributed by atoms with Gasteiger partial charge < -0.3 is 9.47 Å². The Morgan fingerprint density at radius 1 is 0.875 bits per heavy atom. The van der Waals surface area contributed by atoms with E-state index in [2.05, 4.69) is 0 Å². The molecule has 0 amide bonds. The van der Waals surface area contributed by atoms with E-state index in [0.717, 1.165) is 26.1 Å². The number of benzene rings is 3. The highest BCUT2D eigenvalue weighted by Gasteiger charge is 2.57. The first-order chi connectivity index (χ1) is 15.6. The summed E-state index contributed by atoms with van der Waals surface area (Å²) in [5, 5.41) is 1.57. The van der Waals surface area contributed by atoms with E-state index < -0.39 is 21.9 Å². The maximum Gasteiger partial charge on any atom is 0.335 e. The minimum Gasteiger partial charge on any atom is -0.464 e. The van der Waals surface area contributed by atoms with Gasteiger partial charge in [0.1, 0.15) is 0 Å². The SMILES string of the molecule is CCOC(=O)C1(C(=O)OCC)Sc2cccc3cccc(c23)SC1/C=C/c1ccccc1. The number of hydrogen-bond acceptors (Lipinski definition) is 6. The number of thioether (sulfide) groups is 2. The average molecular weight is 465 g/mol. The Morgan fingerprint density at radius 2 is 1.50 bits per heavy atom. The maximum atomic E-state index is 13.5. The molecule has 0 bridgehead atoms. The zero-order valence-electron chi connectivity index (χ0n) is 17.9. The van der Waals surface area contributed by atoms with E-state index >= 15 is 0 Å². The second kappa shape index (κ2) is 9.84. The minimum absolute atomic E-state index is 0.178. The van der Waals surface area contributed by atoms with Crippen LogP contribution in [-0.4, -0.2) is 35.1 Å². The lowest BCUT2D eigenvalue weighted by Crippen LogP contribution is -2.52. The number of rotatable bonds is 6. The molecule has 3 aromatic rings. The van der Waals surface area contributed by atoms with Gasteiger partial charge in [0.2, 0.25) is 4.75 Å². The molecule has 1 heterocycles. The number of carbonyl (C=O) groups excluding carboxylic acids is 2. The Morgan fingerprint density at radius 3 is 2.12 bits per heavy atom. The van der Waals surface area contributed by atoms with Crippen LogP contribution < -0.4 is 0 Å². The molecule has 32 heavy (non-hydrogen) atoms. The third kappa shape index (κ3) is 4.17. The number of carbonyl (C=O) groups is 2. The van der Waals surface area contributed by atoms with E-state index in [9.17, 15) is 9.59 Å². The predicted octanol–water partition coefficient (Wildman–Crippen LogP) is 5.98. The minimum atomic E-state index is -1.57. The highest BCUT2D eigenvalue weighted by Crippen LogP contribution is 2.52. The van der Waals surface area contributed by atoms with Crippen molar-refractivity contribution < 1.29 is 19.1 Å². The van der Waals surface area contributed by atoms with Crippen molar-refractivity contribution in [3.8, 4) is 0 Å². The summed E-state index contributed by atoms with van der Waals surface area (Å²) in [6, 6.07) is 21.8. The fourth-order valence-electron chi connectivity index (χ4n) is 3.72. The van der Waals surface area contributed by atoms with Crippen LogP contribution in [0.25, 0.3) is 16.8 Å². The molecule has 0 spiro atoms. The maximum absolute atomic E-state index is 13.5. The van der Waals surface area contributed by atoms with E-state index in [1.165, 1.54) is 23.5 Å². The standard InChI is InChI=1S/C26H24O4S2/c1-3-29-24(27)26(25(28)30-4-2)22(17-16-18-10-6-5-7-11-18)31-20-14-8-12-19-13-9-15-21(32-26)23(19)20/h5-17,22H,3-4H2,1-2H3/b17-16+. The predicted molar refractivity (Wildman–Crippen MR) is 131 cm³/mol.